The quantitative estimate of drug-likeness (QED) is 0.586. The molecule has 0 aliphatic heterocycles. The van der Waals surface area contributed by atoms with E-state index in [0.717, 1.165) is 13.1 Å². The van der Waals surface area contributed by atoms with Crippen molar-refractivity contribution in [3.05, 3.63) is 0 Å². The monoisotopic (exact) mass is 247 g/mol. The molecule has 0 bridgehead atoms. The van der Waals surface area contributed by atoms with E-state index in [9.17, 15) is 4.21 Å². The van der Waals surface area contributed by atoms with E-state index >= 15 is 0 Å². The van der Waals surface area contributed by atoms with Crippen molar-refractivity contribution in [3.8, 4) is 0 Å². The summed E-state index contributed by atoms with van der Waals surface area (Å²) in [5.74, 6) is 1.13. The van der Waals surface area contributed by atoms with Crippen LogP contribution < -0.4 is 5.73 Å². The van der Waals surface area contributed by atoms with E-state index in [2.05, 4.69) is 4.99 Å². The van der Waals surface area contributed by atoms with Gasteiger partial charge >= 0.3 is 0 Å². The number of nitrogens with two attached hydrogens (primary N) is 1. The van der Waals surface area contributed by atoms with Gasteiger partial charge < -0.3 is 10.6 Å². The molecule has 96 valence electrons. The van der Waals surface area contributed by atoms with E-state index in [1.165, 1.54) is 0 Å². The molecule has 0 aromatic heterocycles. The zero-order chi connectivity index (χ0) is 12.8. The summed E-state index contributed by atoms with van der Waals surface area (Å²) in [7, 11) is -0.852. The molecule has 4 nitrogen and oxygen atoms in total. The van der Waals surface area contributed by atoms with Gasteiger partial charge in [-0.25, -0.2) is 0 Å². The van der Waals surface area contributed by atoms with Gasteiger partial charge in [0.15, 0.2) is 5.96 Å². The van der Waals surface area contributed by atoms with Crippen molar-refractivity contribution in [2.24, 2.45) is 10.7 Å². The Labute approximate surface area is 102 Å². The van der Waals surface area contributed by atoms with Gasteiger partial charge in [-0.2, -0.15) is 0 Å². The van der Waals surface area contributed by atoms with Crippen LogP contribution in [0, 0.1) is 0 Å². The smallest absolute Gasteiger partial charge is 0.191 e. The highest BCUT2D eigenvalue weighted by Crippen LogP contribution is 2.10. The molecule has 0 rings (SSSR count). The van der Waals surface area contributed by atoms with Gasteiger partial charge in [0, 0.05) is 34.4 Å². The maximum atomic E-state index is 11.7. The Kier molecular flexibility index (Phi) is 6.64. The summed E-state index contributed by atoms with van der Waals surface area (Å²) in [6, 6.07) is 0. The highest BCUT2D eigenvalue weighted by molar-refractivity contribution is 7.86. The van der Waals surface area contributed by atoms with Gasteiger partial charge in [0.25, 0.3) is 0 Å². The van der Waals surface area contributed by atoms with Crippen LogP contribution >= 0.6 is 0 Å². The second-order valence-electron chi connectivity index (χ2n) is 4.57. The molecule has 0 aliphatic carbocycles. The molecule has 0 aliphatic rings. The first-order valence-corrected chi connectivity index (χ1v) is 7.08. The van der Waals surface area contributed by atoms with Crippen molar-refractivity contribution < 1.29 is 4.21 Å². The summed E-state index contributed by atoms with van der Waals surface area (Å²) in [4.78, 5) is 6.23. The van der Waals surface area contributed by atoms with Crippen LogP contribution in [0.5, 0.6) is 0 Å². The second kappa shape index (κ2) is 6.89. The lowest BCUT2D eigenvalue weighted by Gasteiger charge is -2.20. The molecule has 0 aromatic carbocycles. The largest absolute Gasteiger partial charge is 0.370 e. The van der Waals surface area contributed by atoms with E-state index in [0.29, 0.717) is 18.3 Å². The minimum atomic E-state index is -0.852. The first kappa shape index (κ1) is 15.4. The van der Waals surface area contributed by atoms with Crippen LogP contribution in [0.2, 0.25) is 0 Å². The standard InChI is InChI=1S/C11H25N3OS/c1-6-14(7-2)10(12)13-8-9-16(15)11(3,4)5/h6-9H2,1-5H3,(H2,12,13). The van der Waals surface area contributed by atoms with Crippen molar-refractivity contribution in [1.29, 1.82) is 0 Å². The molecule has 0 fully saturated rings. The van der Waals surface area contributed by atoms with Crippen molar-refractivity contribution >= 4 is 16.8 Å². The zero-order valence-electron chi connectivity index (χ0n) is 11.1. The number of hydrogen-bond donors (Lipinski definition) is 1. The van der Waals surface area contributed by atoms with Gasteiger partial charge in [-0.3, -0.25) is 9.20 Å². The highest BCUT2D eigenvalue weighted by Gasteiger charge is 2.18. The maximum Gasteiger partial charge on any atom is 0.191 e. The third kappa shape index (κ3) is 5.49. The van der Waals surface area contributed by atoms with Crippen LogP contribution in [-0.2, 0) is 10.8 Å². The average Bonchev–Trinajstić information content (AvgIpc) is 2.18. The van der Waals surface area contributed by atoms with Crippen molar-refractivity contribution in [2.45, 2.75) is 39.4 Å². The van der Waals surface area contributed by atoms with E-state index in [4.69, 9.17) is 5.73 Å². The number of rotatable bonds is 5. The Balaban J connectivity index is 4.14. The third-order valence-corrected chi connectivity index (χ3v) is 4.24. The van der Waals surface area contributed by atoms with E-state index in [-0.39, 0.29) is 4.75 Å². The summed E-state index contributed by atoms with van der Waals surface area (Å²) in [6.07, 6.45) is 0. The van der Waals surface area contributed by atoms with Crippen LogP contribution in [0.15, 0.2) is 4.99 Å². The van der Waals surface area contributed by atoms with Gasteiger partial charge in [-0.15, -0.1) is 0 Å². The molecule has 0 saturated heterocycles. The zero-order valence-corrected chi connectivity index (χ0v) is 11.9. The molecule has 0 aromatic rings. The lowest BCUT2D eigenvalue weighted by molar-refractivity contribution is 0.458. The fourth-order valence-electron chi connectivity index (χ4n) is 1.20. The molecule has 0 spiro atoms. The molecule has 5 heteroatoms. The molecule has 16 heavy (non-hydrogen) atoms. The minimum Gasteiger partial charge on any atom is -0.370 e. The van der Waals surface area contributed by atoms with Gasteiger partial charge in [0.05, 0.1) is 6.54 Å². The predicted octanol–water partition coefficient (Wildman–Crippen LogP) is 1.19. The fraction of sp³-hybridized carbons (Fsp3) is 0.909. The van der Waals surface area contributed by atoms with Crippen LogP contribution in [0.25, 0.3) is 0 Å². The van der Waals surface area contributed by atoms with Crippen molar-refractivity contribution in [1.82, 2.24) is 4.90 Å². The normalized spacial score (nSPS) is 14.9. The third-order valence-electron chi connectivity index (χ3n) is 2.32. The van der Waals surface area contributed by atoms with Crippen LogP contribution in [0.3, 0.4) is 0 Å². The van der Waals surface area contributed by atoms with Gasteiger partial charge in [-0.1, -0.05) is 0 Å². The Morgan fingerprint density at radius 1 is 1.31 bits per heavy atom. The fourth-order valence-corrected chi connectivity index (χ4v) is 2.07. The Morgan fingerprint density at radius 3 is 2.19 bits per heavy atom. The van der Waals surface area contributed by atoms with Crippen LogP contribution in [0.4, 0.5) is 0 Å². The van der Waals surface area contributed by atoms with Gasteiger partial charge in [0.2, 0.25) is 0 Å². The molecular formula is C11H25N3OS. The minimum absolute atomic E-state index is 0.167. The number of nitrogens with zero attached hydrogens (tertiary/aromatic N) is 2. The maximum absolute atomic E-state index is 11.7. The van der Waals surface area contributed by atoms with Crippen LogP contribution in [0.1, 0.15) is 34.6 Å². The van der Waals surface area contributed by atoms with Gasteiger partial charge in [0.1, 0.15) is 0 Å². The predicted molar refractivity (Wildman–Crippen MR) is 72.2 cm³/mol. The lowest BCUT2D eigenvalue weighted by atomic mass is 10.3. The molecular weight excluding hydrogens is 222 g/mol. The first-order chi connectivity index (χ1) is 7.32. The van der Waals surface area contributed by atoms with Crippen LogP contribution in [-0.4, -0.2) is 45.2 Å². The summed E-state index contributed by atoms with van der Waals surface area (Å²) < 4.78 is 11.6. The number of guanidine groups is 1. The molecule has 1 atom stereocenters. The number of aliphatic imine (C=N–C) groups is 1. The van der Waals surface area contributed by atoms with E-state index < -0.39 is 10.8 Å². The average molecular weight is 247 g/mol. The second-order valence-corrected chi connectivity index (χ2v) is 6.90. The number of hydrogen-bond acceptors (Lipinski definition) is 2. The SMILES string of the molecule is CCN(CC)C(N)=NCCS(=O)C(C)(C)C. The van der Waals surface area contributed by atoms with Crippen molar-refractivity contribution in [2.75, 3.05) is 25.4 Å². The molecule has 2 N–H and O–H groups in total. The van der Waals surface area contributed by atoms with Crippen molar-refractivity contribution in [3.63, 3.8) is 0 Å². The summed E-state index contributed by atoms with van der Waals surface area (Å²) in [5.41, 5.74) is 5.81. The first-order valence-electron chi connectivity index (χ1n) is 5.76. The summed E-state index contributed by atoms with van der Waals surface area (Å²) >= 11 is 0. The molecule has 1 unspecified atom stereocenters. The Hall–Kier alpha value is -0.580. The summed E-state index contributed by atoms with van der Waals surface area (Å²) in [6.45, 7) is 12.2. The highest BCUT2D eigenvalue weighted by atomic mass is 32.2. The Bertz CT molecular complexity index is 254. The Morgan fingerprint density at radius 2 is 1.81 bits per heavy atom. The molecule has 0 heterocycles. The molecule has 0 radical (unpaired) electrons. The van der Waals surface area contributed by atoms with Gasteiger partial charge in [-0.05, 0) is 34.6 Å². The molecule has 0 amide bonds. The summed E-state index contributed by atoms with van der Waals surface area (Å²) in [5, 5.41) is 0. The lowest BCUT2D eigenvalue weighted by Crippen LogP contribution is -2.37. The molecule has 0 saturated carbocycles. The topological polar surface area (TPSA) is 58.7 Å². The van der Waals surface area contributed by atoms with E-state index in [1.54, 1.807) is 0 Å². The van der Waals surface area contributed by atoms with E-state index in [1.807, 2.05) is 39.5 Å².